The number of aliphatic hydroxyl groups is 1. The molecule has 12 heteroatoms. The van der Waals surface area contributed by atoms with Crippen LogP contribution in [0.2, 0.25) is 5.02 Å². The molecule has 2 fully saturated rings. The van der Waals surface area contributed by atoms with Crippen molar-refractivity contribution in [2.24, 2.45) is 0 Å². The molecule has 43 heavy (non-hydrogen) atoms. The van der Waals surface area contributed by atoms with Gasteiger partial charge >= 0.3 is 6.09 Å². The summed E-state index contributed by atoms with van der Waals surface area (Å²) >= 11 is 6.11. The van der Waals surface area contributed by atoms with Gasteiger partial charge in [-0.1, -0.05) is 23.7 Å². The monoisotopic (exact) mass is 606 g/mol. The van der Waals surface area contributed by atoms with E-state index >= 15 is 0 Å². The summed E-state index contributed by atoms with van der Waals surface area (Å²) in [6, 6.07) is 12.1. The van der Waals surface area contributed by atoms with Gasteiger partial charge in [0.15, 0.2) is 5.65 Å². The predicted octanol–water partition coefficient (Wildman–Crippen LogP) is 5.43. The first-order chi connectivity index (χ1) is 20.6. The van der Waals surface area contributed by atoms with Crippen LogP contribution in [0.3, 0.4) is 0 Å². The molecule has 0 radical (unpaired) electrons. The van der Waals surface area contributed by atoms with E-state index < -0.39 is 5.60 Å². The van der Waals surface area contributed by atoms with Crippen molar-refractivity contribution >= 4 is 40.7 Å². The highest BCUT2D eigenvalue weighted by Crippen LogP contribution is 2.38. The Labute approximate surface area is 256 Å². The summed E-state index contributed by atoms with van der Waals surface area (Å²) in [5.41, 5.74) is 2.94. The number of carbonyl (C=O) groups excluding carboxylic acids is 1. The van der Waals surface area contributed by atoms with Crippen molar-refractivity contribution < 1.29 is 14.6 Å². The maximum Gasteiger partial charge on any atom is 0.410 e. The Morgan fingerprint density at radius 2 is 1.84 bits per heavy atom. The summed E-state index contributed by atoms with van der Waals surface area (Å²) in [5, 5.41) is 23.6. The number of anilines is 3. The van der Waals surface area contributed by atoms with Crippen LogP contribution in [0.1, 0.15) is 58.1 Å². The Morgan fingerprint density at radius 3 is 2.51 bits per heavy atom. The summed E-state index contributed by atoms with van der Waals surface area (Å²) < 4.78 is 9.27. The van der Waals surface area contributed by atoms with Crippen LogP contribution in [0.25, 0.3) is 5.65 Å². The van der Waals surface area contributed by atoms with Crippen molar-refractivity contribution in [3.8, 4) is 0 Å². The van der Waals surface area contributed by atoms with Crippen molar-refractivity contribution in [2.75, 3.05) is 43.0 Å². The molecule has 0 spiro atoms. The number of nitrogens with one attached hydrogen (secondary N) is 1. The van der Waals surface area contributed by atoms with Gasteiger partial charge in [0.05, 0.1) is 30.2 Å². The molecule has 0 aliphatic carbocycles. The third-order valence-electron chi connectivity index (χ3n) is 8.51. The Hall–Kier alpha value is -3.83. The van der Waals surface area contributed by atoms with Crippen molar-refractivity contribution in [3.05, 3.63) is 65.6 Å². The zero-order valence-electron chi connectivity index (χ0n) is 24.9. The number of piperidine rings is 2. The van der Waals surface area contributed by atoms with Gasteiger partial charge in [-0.05, 0) is 76.3 Å². The minimum absolute atomic E-state index is 0.0994. The van der Waals surface area contributed by atoms with Gasteiger partial charge in [0.2, 0.25) is 5.95 Å². The zero-order valence-corrected chi connectivity index (χ0v) is 25.7. The van der Waals surface area contributed by atoms with E-state index in [1.807, 2.05) is 68.2 Å². The lowest BCUT2D eigenvalue weighted by Gasteiger charge is -2.42. The van der Waals surface area contributed by atoms with E-state index in [4.69, 9.17) is 21.3 Å². The fraction of sp³-hybridized carbons (Fsp3) is 0.484. The molecule has 5 heterocycles. The van der Waals surface area contributed by atoms with Crippen LogP contribution in [0.4, 0.5) is 22.1 Å². The van der Waals surface area contributed by atoms with E-state index in [1.54, 1.807) is 15.6 Å². The molecule has 4 aromatic rings. The number of amides is 1. The molecule has 0 unspecified atom stereocenters. The number of aliphatic hydroxyl groups excluding tert-OH is 1. The highest BCUT2D eigenvalue weighted by molar-refractivity contribution is 6.30. The summed E-state index contributed by atoms with van der Waals surface area (Å²) in [7, 11) is 0. The molecule has 2 N–H and O–H groups in total. The molecule has 11 nitrogen and oxygen atoms in total. The normalized spacial score (nSPS) is 17.8. The highest BCUT2D eigenvalue weighted by Gasteiger charge is 2.36. The number of ether oxygens (including phenoxy) is 1. The molecule has 0 bridgehead atoms. The van der Waals surface area contributed by atoms with E-state index in [2.05, 4.69) is 26.5 Å². The maximum absolute atomic E-state index is 12.4. The van der Waals surface area contributed by atoms with E-state index in [1.165, 1.54) is 0 Å². The van der Waals surface area contributed by atoms with Gasteiger partial charge in [-0.2, -0.15) is 10.1 Å². The standard InChI is InChI=1S/C31H39ClN8O3/c1-30(2,3)43-29(42)38-15-10-25(11-16-38)40-20-24(19-33-40)34-28-35-27-26(5-4-14-39(27)36-28)37-17-12-31(21-41,13-18-37)22-6-8-23(32)9-7-22/h4-9,14,19-20,25,41H,10-13,15-18,21H2,1-3H3,(H,34,36). The lowest BCUT2D eigenvalue weighted by atomic mass is 9.73. The third kappa shape index (κ3) is 6.28. The lowest BCUT2D eigenvalue weighted by Crippen LogP contribution is -2.45. The Morgan fingerprint density at radius 1 is 1.12 bits per heavy atom. The Balaban J connectivity index is 1.10. The van der Waals surface area contributed by atoms with Crippen LogP contribution in [-0.2, 0) is 10.2 Å². The number of carbonyl (C=O) groups is 1. The van der Waals surface area contributed by atoms with E-state index in [-0.39, 0.29) is 24.2 Å². The number of hydrogen-bond donors (Lipinski definition) is 2. The Kier molecular flexibility index (Phi) is 7.95. The summed E-state index contributed by atoms with van der Waals surface area (Å²) in [5.74, 6) is 0.495. The molecule has 0 saturated carbocycles. The largest absolute Gasteiger partial charge is 0.444 e. The number of likely N-dealkylation sites (tertiary alicyclic amines) is 1. The van der Waals surface area contributed by atoms with Crippen LogP contribution in [-0.4, -0.2) is 78.9 Å². The minimum atomic E-state index is -0.499. The van der Waals surface area contributed by atoms with E-state index in [0.29, 0.717) is 24.1 Å². The van der Waals surface area contributed by atoms with Gasteiger partial charge in [-0.25, -0.2) is 9.31 Å². The molecular weight excluding hydrogens is 568 g/mol. The first kappa shape index (κ1) is 29.3. The van der Waals surface area contributed by atoms with Gasteiger partial charge < -0.3 is 25.0 Å². The third-order valence-corrected chi connectivity index (χ3v) is 8.76. The number of aromatic nitrogens is 5. The zero-order chi connectivity index (χ0) is 30.2. The molecule has 2 saturated heterocycles. The number of hydrogen-bond acceptors (Lipinski definition) is 8. The number of rotatable bonds is 6. The van der Waals surface area contributed by atoms with Gasteiger partial charge in [0, 0.05) is 49.0 Å². The van der Waals surface area contributed by atoms with Gasteiger partial charge in [0.25, 0.3) is 0 Å². The Bertz CT molecular complexity index is 1560. The second-order valence-corrected chi connectivity index (χ2v) is 13.0. The van der Waals surface area contributed by atoms with Crippen LogP contribution >= 0.6 is 11.6 Å². The molecule has 0 atom stereocenters. The first-order valence-electron chi connectivity index (χ1n) is 14.9. The fourth-order valence-corrected chi connectivity index (χ4v) is 6.21. The molecule has 3 aromatic heterocycles. The second-order valence-electron chi connectivity index (χ2n) is 12.6. The van der Waals surface area contributed by atoms with E-state index in [0.717, 1.165) is 61.4 Å². The molecular formula is C31H39ClN8O3. The summed E-state index contributed by atoms with van der Waals surface area (Å²) in [6.45, 7) is 8.59. The van der Waals surface area contributed by atoms with E-state index in [9.17, 15) is 9.90 Å². The van der Waals surface area contributed by atoms with Crippen molar-refractivity contribution in [1.82, 2.24) is 29.3 Å². The van der Waals surface area contributed by atoms with Gasteiger partial charge in [0.1, 0.15) is 5.60 Å². The quantitative estimate of drug-likeness (QED) is 0.299. The van der Waals surface area contributed by atoms with Gasteiger partial charge in [-0.3, -0.25) is 4.68 Å². The number of benzene rings is 1. The van der Waals surface area contributed by atoms with Crippen LogP contribution in [0, 0.1) is 0 Å². The number of halogens is 1. The average molecular weight is 607 g/mol. The van der Waals surface area contributed by atoms with Crippen molar-refractivity contribution in [1.29, 1.82) is 0 Å². The van der Waals surface area contributed by atoms with Crippen molar-refractivity contribution in [2.45, 2.75) is 63.5 Å². The minimum Gasteiger partial charge on any atom is -0.444 e. The smallest absolute Gasteiger partial charge is 0.410 e. The number of pyridine rings is 1. The molecule has 228 valence electrons. The highest BCUT2D eigenvalue weighted by atomic mass is 35.5. The van der Waals surface area contributed by atoms with Crippen LogP contribution in [0.15, 0.2) is 55.0 Å². The summed E-state index contributed by atoms with van der Waals surface area (Å²) in [6.07, 6.45) is 8.64. The summed E-state index contributed by atoms with van der Waals surface area (Å²) in [4.78, 5) is 21.3. The number of fused-ring (bicyclic) bond motifs is 1. The molecule has 1 aromatic carbocycles. The maximum atomic E-state index is 12.4. The van der Waals surface area contributed by atoms with Crippen LogP contribution < -0.4 is 10.2 Å². The van der Waals surface area contributed by atoms with Crippen molar-refractivity contribution in [3.63, 3.8) is 0 Å². The second kappa shape index (κ2) is 11.7. The van der Waals surface area contributed by atoms with Crippen LogP contribution in [0.5, 0.6) is 0 Å². The molecule has 6 rings (SSSR count). The first-order valence-corrected chi connectivity index (χ1v) is 15.3. The predicted molar refractivity (Wildman–Crippen MR) is 166 cm³/mol. The molecule has 2 aliphatic rings. The topological polar surface area (TPSA) is 113 Å². The SMILES string of the molecule is CC(C)(C)OC(=O)N1CCC(n2cc(Nc3nc4c(N5CCC(CO)(c6ccc(Cl)cc6)CC5)cccn4n3)cn2)CC1. The van der Waals surface area contributed by atoms with Gasteiger partial charge in [-0.15, -0.1) is 5.10 Å². The molecule has 1 amide bonds. The number of nitrogens with zero attached hydrogens (tertiary/aromatic N) is 7. The fourth-order valence-electron chi connectivity index (χ4n) is 6.08. The lowest BCUT2D eigenvalue weighted by molar-refractivity contribution is 0.0185. The average Bonchev–Trinajstić information content (AvgIpc) is 3.64. The molecule has 2 aliphatic heterocycles.